The predicted octanol–water partition coefficient (Wildman–Crippen LogP) is 6.88. The number of benzene rings is 3. The molecule has 4 rings (SSSR count). The Morgan fingerprint density at radius 1 is 0.781 bits per heavy atom. The lowest BCUT2D eigenvalue weighted by Gasteiger charge is -2.32. The van der Waals surface area contributed by atoms with Gasteiger partial charge in [-0.25, -0.2) is 0 Å². The zero-order valence-electron chi connectivity index (χ0n) is 17.2. The van der Waals surface area contributed by atoms with Gasteiger partial charge in [0.15, 0.2) is 0 Å². The lowest BCUT2D eigenvalue weighted by atomic mass is 9.81. The first kappa shape index (κ1) is 22.1. The summed E-state index contributed by atoms with van der Waals surface area (Å²) in [5, 5.41) is 3.72. The van der Waals surface area contributed by atoms with E-state index in [0.29, 0.717) is 28.6 Å². The van der Waals surface area contributed by atoms with Gasteiger partial charge in [0.05, 0.1) is 22.5 Å². The summed E-state index contributed by atoms with van der Waals surface area (Å²) in [6.07, 6.45) is 4.88. The van der Waals surface area contributed by atoms with E-state index >= 15 is 0 Å². The van der Waals surface area contributed by atoms with Crippen molar-refractivity contribution in [3.05, 3.63) is 101 Å². The van der Waals surface area contributed by atoms with Crippen LogP contribution in [0.15, 0.2) is 91.0 Å². The Kier molecular flexibility index (Phi) is 6.93. The molecule has 0 bridgehead atoms. The number of nitrogens with zero attached hydrogens (tertiary/aromatic N) is 1. The SMILES string of the molecule is O=C(Nc1ccc(Cl)cc1Cl)C1CC=CCC1C(=O)N(c1ccccc1)c1ccccc1. The molecule has 0 radical (unpaired) electrons. The molecule has 6 heteroatoms. The number of carbonyl (C=O) groups excluding carboxylic acids is 2. The molecule has 0 saturated heterocycles. The smallest absolute Gasteiger partial charge is 0.235 e. The van der Waals surface area contributed by atoms with Gasteiger partial charge in [0, 0.05) is 16.4 Å². The monoisotopic (exact) mass is 464 g/mol. The molecule has 2 atom stereocenters. The standard InChI is InChI=1S/C26H22Cl2N2O2/c27-18-15-16-24(23(28)17-18)29-25(31)21-13-7-8-14-22(21)26(32)30(19-9-3-1-4-10-19)20-11-5-2-6-12-20/h1-12,15-17,21-22H,13-14H2,(H,29,31). The quantitative estimate of drug-likeness (QED) is 0.418. The van der Waals surface area contributed by atoms with Crippen LogP contribution in [0.1, 0.15) is 12.8 Å². The minimum Gasteiger partial charge on any atom is -0.324 e. The number of anilines is 3. The van der Waals surface area contributed by atoms with Crippen LogP contribution in [0.5, 0.6) is 0 Å². The third-order valence-corrected chi connectivity index (χ3v) is 6.07. The Morgan fingerprint density at radius 3 is 1.91 bits per heavy atom. The average molecular weight is 465 g/mol. The highest BCUT2D eigenvalue weighted by molar-refractivity contribution is 6.36. The van der Waals surface area contributed by atoms with E-state index in [1.807, 2.05) is 72.8 Å². The van der Waals surface area contributed by atoms with Crippen LogP contribution >= 0.6 is 23.2 Å². The van der Waals surface area contributed by atoms with Crippen molar-refractivity contribution >= 4 is 52.1 Å². The number of hydrogen-bond acceptors (Lipinski definition) is 2. The molecule has 32 heavy (non-hydrogen) atoms. The Hall–Kier alpha value is -3.08. The van der Waals surface area contributed by atoms with Gasteiger partial charge in [0.2, 0.25) is 11.8 Å². The first-order chi connectivity index (χ1) is 15.5. The normalized spacial score (nSPS) is 17.6. The molecule has 1 aliphatic carbocycles. The van der Waals surface area contributed by atoms with E-state index < -0.39 is 11.8 Å². The Bertz CT molecular complexity index is 1090. The summed E-state index contributed by atoms with van der Waals surface area (Å²) in [6.45, 7) is 0. The Labute approximate surface area is 197 Å². The number of halogens is 2. The third kappa shape index (κ3) is 4.87. The molecular formula is C26H22Cl2N2O2. The van der Waals surface area contributed by atoms with Crippen molar-refractivity contribution in [3.8, 4) is 0 Å². The van der Waals surface area contributed by atoms with E-state index in [9.17, 15) is 9.59 Å². The number of nitrogens with one attached hydrogen (secondary N) is 1. The van der Waals surface area contributed by atoms with Gasteiger partial charge in [-0.05, 0) is 55.3 Å². The van der Waals surface area contributed by atoms with Crippen molar-refractivity contribution < 1.29 is 9.59 Å². The lowest BCUT2D eigenvalue weighted by Crippen LogP contribution is -2.41. The molecule has 162 valence electrons. The molecule has 0 spiro atoms. The average Bonchev–Trinajstić information content (AvgIpc) is 2.82. The van der Waals surface area contributed by atoms with Gasteiger partial charge >= 0.3 is 0 Å². The molecule has 0 saturated carbocycles. The summed E-state index contributed by atoms with van der Waals surface area (Å²) in [6, 6.07) is 23.9. The van der Waals surface area contributed by atoms with Crippen LogP contribution in [0.3, 0.4) is 0 Å². The third-order valence-electron chi connectivity index (χ3n) is 5.52. The van der Waals surface area contributed by atoms with Crippen molar-refractivity contribution in [2.75, 3.05) is 10.2 Å². The number of allylic oxidation sites excluding steroid dienone is 2. The van der Waals surface area contributed by atoms with E-state index in [2.05, 4.69) is 5.32 Å². The largest absolute Gasteiger partial charge is 0.324 e. The molecule has 3 aromatic rings. The number of rotatable bonds is 5. The van der Waals surface area contributed by atoms with Crippen LogP contribution in [0.2, 0.25) is 10.0 Å². The molecule has 0 aromatic heterocycles. The second kappa shape index (κ2) is 10.0. The van der Waals surface area contributed by atoms with Crippen molar-refractivity contribution in [2.45, 2.75) is 12.8 Å². The summed E-state index contributed by atoms with van der Waals surface area (Å²) in [7, 11) is 0. The first-order valence-electron chi connectivity index (χ1n) is 10.4. The van der Waals surface area contributed by atoms with Crippen molar-refractivity contribution in [2.24, 2.45) is 11.8 Å². The molecule has 2 unspecified atom stereocenters. The van der Waals surface area contributed by atoms with Gasteiger partial charge < -0.3 is 5.32 Å². The van der Waals surface area contributed by atoms with Crippen molar-refractivity contribution in [1.82, 2.24) is 0 Å². The molecule has 2 amide bonds. The maximum atomic E-state index is 13.8. The van der Waals surface area contributed by atoms with E-state index in [-0.39, 0.29) is 11.8 Å². The number of carbonyl (C=O) groups is 2. The fraction of sp³-hybridized carbons (Fsp3) is 0.154. The van der Waals surface area contributed by atoms with E-state index in [4.69, 9.17) is 23.2 Å². The summed E-state index contributed by atoms with van der Waals surface area (Å²) in [5.74, 6) is -1.38. The van der Waals surface area contributed by atoms with Crippen molar-refractivity contribution in [3.63, 3.8) is 0 Å². The maximum absolute atomic E-state index is 13.8. The second-order valence-corrected chi connectivity index (χ2v) is 8.46. The topological polar surface area (TPSA) is 49.4 Å². The van der Waals surface area contributed by atoms with Crippen LogP contribution < -0.4 is 10.2 Å². The highest BCUT2D eigenvalue weighted by Crippen LogP contribution is 2.35. The minimum atomic E-state index is -0.519. The van der Waals surface area contributed by atoms with Gasteiger partial charge in [-0.15, -0.1) is 0 Å². The lowest BCUT2D eigenvalue weighted by molar-refractivity contribution is -0.130. The Balaban J connectivity index is 1.63. The Morgan fingerprint density at radius 2 is 1.34 bits per heavy atom. The fourth-order valence-corrected chi connectivity index (χ4v) is 4.37. The van der Waals surface area contributed by atoms with Crippen molar-refractivity contribution in [1.29, 1.82) is 0 Å². The van der Waals surface area contributed by atoms with Crippen LogP contribution in [0, 0.1) is 11.8 Å². The van der Waals surface area contributed by atoms with Crippen LogP contribution in [-0.2, 0) is 9.59 Å². The van der Waals surface area contributed by atoms with Crippen LogP contribution in [0.25, 0.3) is 0 Å². The number of amides is 2. The van der Waals surface area contributed by atoms with Gasteiger partial charge in [0.1, 0.15) is 0 Å². The first-order valence-corrected chi connectivity index (χ1v) is 11.1. The molecule has 0 fully saturated rings. The van der Waals surface area contributed by atoms with E-state index in [1.54, 1.807) is 23.1 Å². The molecule has 3 aromatic carbocycles. The molecule has 1 N–H and O–H groups in total. The summed E-state index contributed by atoms with van der Waals surface area (Å²) in [4.78, 5) is 28.7. The van der Waals surface area contributed by atoms with Gasteiger partial charge in [-0.2, -0.15) is 0 Å². The van der Waals surface area contributed by atoms with E-state index in [1.165, 1.54) is 0 Å². The molecule has 0 aliphatic heterocycles. The zero-order valence-corrected chi connectivity index (χ0v) is 18.8. The number of hydrogen-bond donors (Lipinski definition) is 1. The maximum Gasteiger partial charge on any atom is 0.235 e. The molecule has 4 nitrogen and oxygen atoms in total. The molecule has 0 heterocycles. The van der Waals surface area contributed by atoms with Gasteiger partial charge in [0.25, 0.3) is 0 Å². The van der Waals surface area contributed by atoms with E-state index in [0.717, 1.165) is 11.4 Å². The molecular weight excluding hydrogens is 443 g/mol. The second-order valence-electron chi connectivity index (χ2n) is 7.61. The number of para-hydroxylation sites is 2. The molecule has 1 aliphatic rings. The van der Waals surface area contributed by atoms with Gasteiger partial charge in [-0.3, -0.25) is 14.5 Å². The predicted molar refractivity (Wildman–Crippen MR) is 130 cm³/mol. The van der Waals surface area contributed by atoms with Gasteiger partial charge in [-0.1, -0.05) is 71.8 Å². The van der Waals surface area contributed by atoms with Crippen LogP contribution in [0.4, 0.5) is 17.1 Å². The highest BCUT2D eigenvalue weighted by Gasteiger charge is 2.37. The summed E-state index contributed by atoms with van der Waals surface area (Å²) in [5.41, 5.74) is 2.00. The summed E-state index contributed by atoms with van der Waals surface area (Å²) >= 11 is 12.2. The minimum absolute atomic E-state index is 0.117. The van der Waals surface area contributed by atoms with Crippen LogP contribution in [-0.4, -0.2) is 11.8 Å². The highest BCUT2D eigenvalue weighted by atomic mass is 35.5. The summed E-state index contributed by atoms with van der Waals surface area (Å²) < 4.78 is 0. The zero-order chi connectivity index (χ0) is 22.5. The fourth-order valence-electron chi connectivity index (χ4n) is 3.92.